The van der Waals surface area contributed by atoms with Crippen molar-refractivity contribution >= 4 is 23.4 Å². The zero-order valence-electron chi connectivity index (χ0n) is 34.9. The van der Waals surface area contributed by atoms with Crippen LogP contribution in [-0.4, -0.2) is 42.6 Å². The summed E-state index contributed by atoms with van der Waals surface area (Å²) in [6, 6.07) is -0.0479. The van der Waals surface area contributed by atoms with E-state index in [0.29, 0.717) is 30.2 Å². The zero-order valence-corrected chi connectivity index (χ0v) is 34.9. The Morgan fingerprint density at radius 1 is 0.680 bits per heavy atom. The molecule has 7 nitrogen and oxygen atoms in total. The number of unbranched alkanes of at least 4 members (excludes halogenated alkanes) is 8. The highest BCUT2D eigenvalue weighted by atomic mass is 16.7. The number of hydrogen-bond acceptors (Lipinski definition) is 5. The Labute approximate surface area is 309 Å². The fourth-order valence-corrected chi connectivity index (χ4v) is 8.55. The Morgan fingerprint density at radius 2 is 1.12 bits per heavy atom. The lowest BCUT2D eigenvalue weighted by Crippen LogP contribution is -2.50. The first-order valence-electron chi connectivity index (χ1n) is 21.1. The van der Waals surface area contributed by atoms with E-state index in [0.717, 1.165) is 50.7 Å². The van der Waals surface area contributed by atoms with E-state index in [9.17, 15) is 9.59 Å². The monoisotopic (exact) mass is 703 g/mol. The summed E-state index contributed by atoms with van der Waals surface area (Å²) >= 11 is 0. The van der Waals surface area contributed by atoms with Crippen molar-refractivity contribution in [3.63, 3.8) is 0 Å². The molecule has 0 saturated heterocycles. The number of nitrogens with one attached hydrogen (secondary N) is 2. The topological polar surface area (TPSA) is 92.2 Å². The molecule has 1 rings (SSSR count). The van der Waals surface area contributed by atoms with E-state index < -0.39 is 6.09 Å². The molecule has 50 heavy (non-hydrogen) atoms. The second-order valence-corrected chi connectivity index (χ2v) is 17.4. The summed E-state index contributed by atoms with van der Waals surface area (Å²) in [5, 5.41) is 10.9. The molecule has 1 aliphatic carbocycles. The molecule has 292 valence electrons. The third-order valence-corrected chi connectivity index (χ3v) is 11.1. The fraction of sp³-hybridized carbons (Fsp3) is 0.907. The van der Waals surface area contributed by atoms with Gasteiger partial charge < -0.3 is 10.6 Å². The summed E-state index contributed by atoms with van der Waals surface area (Å²) in [6.07, 6.45) is 21.0. The van der Waals surface area contributed by atoms with Crippen LogP contribution in [0.3, 0.4) is 0 Å². The molecule has 0 heterocycles. The predicted octanol–water partition coefficient (Wildman–Crippen LogP) is 12.1. The molecule has 0 aromatic rings. The number of carbonyl (C=O) groups excluding carboxylic acids is 2. The molecule has 0 aromatic heterocycles. The smallest absolute Gasteiger partial charge is 0.354 e. The van der Waals surface area contributed by atoms with Crippen molar-refractivity contribution in [3.8, 4) is 0 Å². The molecule has 0 spiro atoms. The Balaban J connectivity index is 2.91. The van der Waals surface area contributed by atoms with Crippen LogP contribution in [0.2, 0.25) is 0 Å². The van der Waals surface area contributed by atoms with Gasteiger partial charge in [-0.25, -0.2) is 4.79 Å². The predicted molar refractivity (Wildman–Crippen MR) is 215 cm³/mol. The fourth-order valence-electron chi connectivity index (χ4n) is 8.55. The van der Waals surface area contributed by atoms with Crippen molar-refractivity contribution < 1.29 is 14.4 Å². The van der Waals surface area contributed by atoms with E-state index in [1.807, 2.05) is 0 Å². The number of hydrogen-bond donors (Lipinski definition) is 2. The van der Waals surface area contributed by atoms with Crippen LogP contribution in [0.5, 0.6) is 0 Å². The highest BCUT2D eigenvalue weighted by Gasteiger charge is 2.42. The third kappa shape index (κ3) is 19.1. The SMILES string of the molecule is CCCCCC(C)C(=NCC(=O)NCC1(C)CC(NC(=O)ON=C(C(C)CCCCC)C(C)CCCCC)CC(C)(C)C1)C(C)CCCCC. The molecule has 0 bridgehead atoms. The molecule has 0 radical (unpaired) electrons. The maximum absolute atomic E-state index is 13.2. The molecule has 6 atom stereocenters. The molecule has 1 fully saturated rings. The Kier molecular flexibility index (Phi) is 23.2. The second kappa shape index (κ2) is 25.1. The van der Waals surface area contributed by atoms with Gasteiger partial charge in [-0.3, -0.25) is 14.6 Å². The highest BCUT2D eigenvalue weighted by molar-refractivity contribution is 5.91. The van der Waals surface area contributed by atoms with Crippen molar-refractivity contribution in [2.45, 2.75) is 204 Å². The number of aliphatic imine (C=N–C) groups is 1. The van der Waals surface area contributed by atoms with E-state index in [1.54, 1.807) is 0 Å². The average Bonchev–Trinajstić information content (AvgIpc) is 3.03. The molecule has 1 aliphatic rings. The molecular weight excluding hydrogens is 620 g/mol. The maximum atomic E-state index is 13.2. The van der Waals surface area contributed by atoms with E-state index >= 15 is 0 Å². The minimum Gasteiger partial charge on any atom is -0.354 e. The van der Waals surface area contributed by atoms with Gasteiger partial charge in [0.15, 0.2) is 0 Å². The van der Waals surface area contributed by atoms with Crippen LogP contribution < -0.4 is 10.6 Å². The van der Waals surface area contributed by atoms with Gasteiger partial charge in [-0.2, -0.15) is 0 Å². The quantitative estimate of drug-likeness (QED) is 0.0407. The molecule has 2 N–H and O–H groups in total. The van der Waals surface area contributed by atoms with Crippen LogP contribution >= 0.6 is 0 Å². The Hall–Kier alpha value is -1.92. The van der Waals surface area contributed by atoms with Gasteiger partial charge in [-0.15, -0.1) is 0 Å². The first kappa shape index (κ1) is 46.1. The molecule has 2 amide bonds. The van der Waals surface area contributed by atoms with Crippen LogP contribution in [0.4, 0.5) is 4.79 Å². The Bertz CT molecular complexity index is 972. The van der Waals surface area contributed by atoms with Crippen molar-refractivity contribution in [1.29, 1.82) is 0 Å². The van der Waals surface area contributed by atoms with Gasteiger partial charge in [0.05, 0.1) is 5.71 Å². The van der Waals surface area contributed by atoms with Gasteiger partial charge in [0.25, 0.3) is 0 Å². The molecule has 0 aliphatic heterocycles. The van der Waals surface area contributed by atoms with Gasteiger partial charge in [-0.05, 0) is 79.4 Å². The van der Waals surface area contributed by atoms with Crippen LogP contribution in [0.1, 0.15) is 198 Å². The lowest BCUT2D eigenvalue weighted by atomic mass is 9.62. The van der Waals surface area contributed by atoms with Gasteiger partial charge in [0.1, 0.15) is 6.54 Å². The van der Waals surface area contributed by atoms with Gasteiger partial charge in [0, 0.05) is 18.3 Å². The summed E-state index contributed by atoms with van der Waals surface area (Å²) in [7, 11) is 0. The summed E-state index contributed by atoms with van der Waals surface area (Å²) in [5.74, 6) is 1.38. The number of oxime groups is 1. The highest BCUT2D eigenvalue weighted by Crippen LogP contribution is 2.45. The standard InChI is InChI=1S/C43H82N4O3/c1-12-16-20-24-33(5)39(34(6)25-21-17-13-2)44-30-38(48)45-32-43(11)29-37(28-42(9,10)31-43)46-41(49)50-47-40(35(7)26-22-18-14-3)36(8)27-23-19-15-4/h33-37H,12-32H2,1-11H3,(H,45,48)(H,46,49). The molecule has 7 heteroatoms. The largest absolute Gasteiger partial charge is 0.433 e. The van der Waals surface area contributed by atoms with Crippen molar-refractivity contribution in [3.05, 3.63) is 0 Å². The van der Waals surface area contributed by atoms with E-state index in [1.165, 1.54) is 82.8 Å². The van der Waals surface area contributed by atoms with Gasteiger partial charge in [0.2, 0.25) is 5.91 Å². The first-order chi connectivity index (χ1) is 23.7. The van der Waals surface area contributed by atoms with Crippen LogP contribution in [0.25, 0.3) is 0 Å². The number of nitrogens with zero attached hydrogens (tertiary/aromatic N) is 2. The normalized spacial score (nSPS) is 21.0. The van der Waals surface area contributed by atoms with Crippen LogP contribution in [-0.2, 0) is 9.63 Å². The van der Waals surface area contributed by atoms with Gasteiger partial charge >= 0.3 is 6.09 Å². The van der Waals surface area contributed by atoms with Crippen LogP contribution in [0.15, 0.2) is 10.1 Å². The van der Waals surface area contributed by atoms with Gasteiger partial charge in [-0.1, -0.05) is 158 Å². The summed E-state index contributed by atoms with van der Waals surface area (Å²) in [5.41, 5.74) is 2.09. The minimum absolute atomic E-state index is 0.0127. The van der Waals surface area contributed by atoms with E-state index in [4.69, 9.17) is 9.83 Å². The van der Waals surface area contributed by atoms with Crippen molar-refractivity contribution in [2.75, 3.05) is 13.1 Å². The summed E-state index contributed by atoms with van der Waals surface area (Å²) in [4.78, 5) is 37.0. The molecule has 1 saturated carbocycles. The zero-order chi connectivity index (χ0) is 37.6. The first-order valence-corrected chi connectivity index (χ1v) is 21.1. The van der Waals surface area contributed by atoms with E-state index in [2.05, 4.69) is 92.0 Å². The van der Waals surface area contributed by atoms with Crippen molar-refractivity contribution in [1.82, 2.24) is 10.6 Å². The number of carbonyl (C=O) groups is 2. The van der Waals surface area contributed by atoms with Crippen LogP contribution in [0, 0.1) is 34.5 Å². The lowest BCUT2D eigenvalue weighted by Gasteiger charge is -2.46. The molecular formula is C43H82N4O3. The second-order valence-electron chi connectivity index (χ2n) is 17.4. The third-order valence-electron chi connectivity index (χ3n) is 11.1. The summed E-state index contributed by atoms with van der Waals surface area (Å²) in [6.45, 7) is 25.5. The minimum atomic E-state index is -0.471. The number of amides is 2. The average molecular weight is 703 g/mol. The van der Waals surface area contributed by atoms with E-state index in [-0.39, 0.29) is 29.3 Å². The Morgan fingerprint density at radius 3 is 1.56 bits per heavy atom. The molecule has 0 aromatic carbocycles. The molecule has 6 unspecified atom stereocenters. The maximum Gasteiger partial charge on any atom is 0.433 e. The number of rotatable bonds is 26. The lowest BCUT2D eigenvalue weighted by molar-refractivity contribution is -0.120. The summed E-state index contributed by atoms with van der Waals surface area (Å²) < 4.78 is 0. The van der Waals surface area contributed by atoms with Crippen molar-refractivity contribution in [2.24, 2.45) is 44.6 Å².